The minimum Gasteiger partial charge on any atom is -0.351 e. The van der Waals surface area contributed by atoms with E-state index in [9.17, 15) is 9.59 Å². The average Bonchev–Trinajstić information content (AvgIpc) is 3.07. The Hall–Kier alpha value is -2.99. The number of rotatable bonds is 7. The summed E-state index contributed by atoms with van der Waals surface area (Å²) in [4.78, 5) is 29.2. The second kappa shape index (κ2) is 9.28. The average molecular weight is 394 g/mol. The zero-order valence-corrected chi connectivity index (χ0v) is 16.8. The van der Waals surface area contributed by atoms with Crippen LogP contribution in [0.15, 0.2) is 54.6 Å². The van der Waals surface area contributed by atoms with E-state index in [-0.39, 0.29) is 11.8 Å². The van der Waals surface area contributed by atoms with Crippen molar-refractivity contribution in [3.8, 4) is 10.6 Å². The lowest BCUT2D eigenvalue weighted by molar-refractivity contribution is -0.114. The molecule has 0 radical (unpaired) electrons. The molecule has 3 rings (SSSR count). The summed E-state index contributed by atoms with van der Waals surface area (Å²) in [5, 5.41) is 6.49. The summed E-state index contributed by atoms with van der Waals surface area (Å²) >= 11 is 1.47. The maximum Gasteiger partial charge on any atom is 0.271 e. The Morgan fingerprint density at radius 2 is 1.86 bits per heavy atom. The van der Waals surface area contributed by atoms with Crippen molar-refractivity contribution in [2.24, 2.45) is 0 Å². The summed E-state index contributed by atoms with van der Waals surface area (Å²) in [6.07, 6.45) is 1.81. The van der Waals surface area contributed by atoms with E-state index in [1.807, 2.05) is 49.4 Å². The second-order valence-corrected chi connectivity index (χ2v) is 7.73. The molecular weight excluding hydrogens is 370 g/mol. The zero-order chi connectivity index (χ0) is 19.9. The van der Waals surface area contributed by atoms with Gasteiger partial charge in [-0.15, -0.1) is 11.3 Å². The Labute approximate surface area is 168 Å². The van der Waals surface area contributed by atoms with Gasteiger partial charge in [-0.2, -0.15) is 0 Å². The van der Waals surface area contributed by atoms with Gasteiger partial charge in [-0.25, -0.2) is 4.98 Å². The maximum absolute atomic E-state index is 12.5. The van der Waals surface area contributed by atoms with E-state index in [0.717, 1.165) is 28.3 Å². The topological polar surface area (TPSA) is 71.1 Å². The smallest absolute Gasteiger partial charge is 0.271 e. The molecule has 3 aromatic rings. The molecule has 2 aromatic carbocycles. The van der Waals surface area contributed by atoms with Gasteiger partial charge in [-0.05, 0) is 37.5 Å². The number of anilines is 1. The summed E-state index contributed by atoms with van der Waals surface area (Å²) in [5.41, 5.74) is 3.32. The summed E-state index contributed by atoms with van der Waals surface area (Å²) in [6.45, 7) is 3.98. The van der Waals surface area contributed by atoms with Crippen molar-refractivity contribution in [1.82, 2.24) is 10.3 Å². The molecule has 0 aliphatic carbocycles. The van der Waals surface area contributed by atoms with Gasteiger partial charge in [0.15, 0.2) is 0 Å². The lowest BCUT2D eigenvalue weighted by Gasteiger charge is -2.04. The number of hydrogen-bond donors (Lipinski definition) is 2. The molecule has 0 saturated heterocycles. The first-order chi connectivity index (χ1) is 13.5. The number of nitrogens with one attached hydrogen (secondary N) is 2. The number of aromatic nitrogens is 1. The fraction of sp³-hybridized carbons (Fsp3) is 0.227. The SMILES string of the molecule is CC(=O)Nc1cccc(-c2nc(C(=O)NCCCc3ccccc3)c(C)s2)c1. The van der Waals surface area contributed by atoms with Crippen molar-refractivity contribution in [2.45, 2.75) is 26.7 Å². The molecule has 0 aliphatic rings. The summed E-state index contributed by atoms with van der Waals surface area (Å²) in [5.74, 6) is -0.269. The molecule has 0 spiro atoms. The van der Waals surface area contributed by atoms with Gasteiger partial charge in [-0.1, -0.05) is 42.5 Å². The van der Waals surface area contributed by atoms with Crippen LogP contribution in [0.3, 0.4) is 0 Å². The molecule has 0 fully saturated rings. The van der Waals surface area contributed by atoms with Gasteiger partial charge in [0.2, 0.25) is 5.91 Å². The Kier molecular flexibility index (Phi) is 6.55. The standard InChI is InChI=1S/C22H23N3O2S/c1-15-20(21(27)23-13-7-10-17-8-4-3-5-9-17)25-22(28-15)18-11-6-12-19(14-18)24-16(2)26/h3-6,8-9,11-12,14H,7,10,13H2,1-2H3,(H,23,27)(H,24,26). The summed E-state index contributed by atoms with van der Waals surface area (Å²) < 4.78 is 0. The van der Waals surface area contributed by atoms with Crippen LogP contribution in [0.5, 0.6) is 0 Å². The fourth-order valence-corrected chi connectivity index (χ4v) is 3.79. The van der Waals surface area contributed by atoms with Gasteiger partial charge in [0.05, 0.1) is 0 Å². The molecule has 2 amide bonds. The highest BCUT2D eigenvalue weighted by atomic mass is 32.1. The lowest BCUT2D eigenvalue weighted by atomic mass is 10.1. The van der Waals surface area contributed by atoms with E-state index in [2.05, 4.69) is 27.8 Å². The van der Waals surface area contributed by atoms with Crippen LogP contribution in [-0.2, 0) is 11.2 Å². The van der Waals surface area contributed by atoms with E-state index >= 15 is 0 Å². The largest absolute Gasteiger partial charge is 0.351 e. The predicted molar refractivity (Wildman–Crippen MR) is 114 cm³/mol. The number of thiazole rings is 1. The molecule has 144 valence electrons. The Bertz CT molecular complexity index is 967. The third-order valence-corrected chi connectivity index (χ3v) is 5.23. The number of benzene rings is 2. The third-order valence-electron chi connectivity index (χ3n) is 4.21. The van der Waals surface area contributed by atoms with Gasteiger partial charge in [0.25, 0.3) is 5.91 Å². The molecule has 28 heavy (non-hydrogen) atoms. The molecule has 2 N–H and O–H groups in total. The van der Waals surface area contributed by atoms with E-state index in [0.29, 0.717) is 17.9 Å². The molecule has 6 heteroatoms. The molecule has 0 atom stereocenters. The number of hydrogen-bond acceptors (Lipinski definition) is 4. The molecule has 1 heterocycles. The van der Waals surface area contributed by atoms with Crippen LogP contribution in [0.2, 0.25) is 0 Å². The summed E-state index contributed by atoms with van der Waals surface area (Å²) in [7, 11) is 0. The Morgan fingerprint density at radius 3 is 2.61 bits per heavy atom. The fourth-order valence-electron chi connectivity index (χ4n) is 2.89. The quantitative estimate of drug-likeness (QED) is 0.583. The Balaban J connectivity index is 1.61. The first kappa shape index (κ1) is 19.8. The second-order valence-electron chi connectivity index (χ2n) is 6.53. The van der Waals surface area contributed by atoms with Crippen LogP contribution < -0.4 is 10.6 Å². The van der Waals surface area contributed by atoms with Crippen molar-refractivity contribution < 1.29 is 9.59 Å². The number of aryl methyl sites for hydroxylation is 2. The van der Waals surface area contributed by atoms with Crippen molar-refractivity contribution in [1.29, 1.82) is 0 Å². The van der Waals surface area contributed by atoms with Crippen molar-refractivity contribution >= 4 is 28.8 Å². The highest BCUT2D eigenvalue weighted by Crippen LogP contribution is 2.29. The van der Waals surface area contributed by atoms with Crippen LogP contribution >= 0.6 is 11.3 Å². The van der Waals surface area contributed by atoms with Crippen LogP contribution in [-0.4, -0.2) is 23.3 Å². The van der Waals surface area contributed by atoms with Gasteiger partial charge < -0.3 is 10.6 Å². The zero-order valence-electron chi connectivity index (χ0n) is 16.0. The van der Waals surface area contributed by atoms with E-state index < -0.39 is 0 Å². The summed E-state index contributed by atoms with van der Waals surface area (Å²) in [6, 6.07) is 17.7. The van der Waals surface area contributed by atoms with Gasteiger partial charge in [-0.3, -0.25) is 9.59 Å². The monoisotopic (exact) mass is 393 g/mol. The first-order valence-corrected chi connectivity index (χ1v) is 10.0. The van der Waals surface area contributed by atoms with Crippen LogP contribution in [0.1, 0.15) is 34.3 Å². The third kappa shape index (κ3) is 5.27. The number of carbonyl (C=O) groups excluding carboxylic acids is 2. The molecule has 5 nitrogen and oxygen atoms in total. The Morgan fingerprint density at radius 1 is 1.07 bits per heavy atom. The first-order valence-electron chi connectivity index (χ1n) is 9.20. The van der Waals surface area contributed by atoms with Crippen LogP contribution in [0.4, 0.5) is 5.69 Å². The van der Waals surface area contributed by atoms with Crippen LogP contribution in [0.25, 0.3) is 10.6 Å². The molecule has 0 unspecified atom stereocenters. The minimum atomic E-state index is -0.147. The highest BCUT2D eigenvalue weighted by Gasteiger charge is 2.16. The normalized spacial score (nSPS) is 10.5. The lowest BCUT2D eigenvalue weighted by Crippen LogP contribution is -2.25. The minimum absolute atomic E-state index is 0.122. The van der Waals surface area contributed by atoms with Crippen molar-refractivity contribution in [3.63, 3.8) is 0 Å². The maximum atomic E-state index is 12.5. The number of nitrogens with zero attached hydrogens (tertiary/aromatic N) is 1. The highest BCUT2D eigenvalue weighted by molar-refractivity contribution is 7.15. The molecule has 1 aromatic heterocycles. The number of amides is 2. The van der Waals surface area contributed by atoms with Crippen molar-refractivity contribution in [3.05, 3.63) is 70.7 Å². The van der Waals surface area contributed by atoms with E-state index in [1.165, 1.54) is 23.8 Å². The molecular formula is C22H23N3O2S. The van der Waals surface area contributed by atoms with E-state index in [4.69, 9.17) is 0 Å². The van der Waals surface area contributed by atoms with Gasteiger partial charge >= 0.3 is 0 Å². The van der Waals surface area contributed by atoms with E-state index in [1.54, 1.807) is 0 Å². The van der Waals surface area contributed by atoms with Gasteiger partial charge in [0, 0.05) is 29.6 Å². The van der Waals surface area contributed by atoms with Crippen LogP contribution in [0, 0.1) is 6.92 Å². The molecule has 0 aliphatic heterocycles. The predicted octanol–water partition coefficient (Wildman–Crippen LogP) is 4.44. The molecule has 0 bridgehead atoms. The number of carbonyl (C=O) groups is 2. The van der Waals surface area contributed by atoms with Gasteiger partial charge in [0.1, 0.15) is 10.7 Å². The molecule has 0 saturated carbocycles. The van der Waals surface area contributed by atoms with Crippen molar-refractivity contribution in [2.75, 3.05) is 11.9 Å².